The summed E-state index contributed by atoms with van der Waals surface area (Å²) in [5, 5.41) is 7.30. The van der Waals surface area contributed by atoms with Gasteiger partial charge in [-0.05, 0) is 29.8 Å². The molecule has 23 heavy (non-hydrogen) atoms. The topological polar surface area (TPSA) is 70.6 Å². The third-order valence-electron chi connectivity index (χ3n) is 3.51. The van der Waals surface area contributed by atoms with Gasteiger partial charge in [0.2, 0.25) is 5.91 Å². The van der Waals surface area contributed by atoms with Crippen molar-refractivity contribution in [1.29, 1.82) is 0 Å². The van der Waals surface area contributed by atoms with Crippen molar-refractivity contribution in [1.82, 2.24) is 5.43 Å². The molecule has 0 fully saturated rings. The maximum atomic E-state index is 12.2. The lowest BCUT2D eigenvalue weighted by atomic mass is 10.0. The van der Waals surface area contributed by atoms with Gasteiger partial charge in [-0.2, -0.15) is 5.10 Å². The summed E-state index contributed by atoms with van der Waals surface area (Å²) in [4.78, 5) is 23.3. The minimum absolute atomic E-state index is 0.0792. The highest BCUT2D eigenvalue weighted by Crippen LogP contribution is 2.21. The normalized spacial score (nSPS) is 14.0. The lowest BCUT2D eigenvalue weighted by molar-refractivity contribution is -0.121. The third kappa shape index (κ3) is 3.57. The Bertz CT molecular complexity index is 785. The van der Waals surface area contributed by atoms with Crippen LogP contribution in [0.15, 0.2) is 53.6 Å². The van der Waals surface area contributed by atoms with E-state index >= 15 is 0 Å². The Balaban J connectivity index is 1.73. The average Bonchev–Trinajstić information content (AvgIpc) is 2.58. The molecule has 2 N–H and O–H groups in total. The number of carbonyl (C=O) groups is 2. The highest BCUT2D eigenvalue weighted by molar-refractivity contribution is 6.33. The van der Waals surface area contributed by atoms with Crippen LogP contribution >= 0.6 is 11.6 Å². The van der Waals surface area contributed by atoms with E-state index in [9.17, 15) is 9.59 Å². The zero-order valence-corrected chi connectivity index (χ0v) is 12.9. The summed E-state index contributed by atoms with van der Waals surface area (Å²) in [6.45, 7) is 0. The number of halogens is 1. The molecule has 0 unspecified atom stereocenters. The Kier molecular flexibility index (Phi) is 4.39. The van der Waals surface area contributed by atoms with E-state index in [1.54, 1.807) is 36.4 Å². The molecule has 2 amide bonds. The molecule has 0 bridgehead atoms. The standard InChI is InChI=1S/C17H14ClN3O2/c18-13-3-1-2-4-15(13)19-17(23)12-7-5-11(6-8-12)14-9-10-16(22)21-20-14/h1-8H,9-10H2,(H,19,23)(H,21,22). The lowest BCUT2D eigenvalue weighted by Gasteiger charge is -2.12. The summed E-state index contributed by atoms with van der Waals surface area (Å²) in [7, 11) is 0. The van der Waals surface area contributed by atoms with Gasteiger partial charge in [0.15, 0.2) is 0 Å². The Morgan fingerprint density at radius 3 is 2.48 bits per heavy atom. The summed E-state index contributed by atoms with van der Waals surface area (Å²) in [5.74, 6) is -0.312. The van der Waals surface area contributed by atoms with Crippen LogP contribution in [0, 0.1) is 0 Å². The van der Waals surface area contributed by atoms with Gasteiger partial charge in [0.25, 0.3) is 5.91 Å². The van der Waals surface area contributed by atoms with E-state index in [0.717, 1.165) is 11.3 Å². The summed E-state index contributed by atoms with van der Waals surface area (Å²) < 4.78 is 0. The molecule has 3 rings (SSSR count). The highest BCUT2D eigenvalue weighted by atomic mass is 35.5. The van der Waals surface area contributed by atoms with Gasteiger partial charge in [-0.1, -0.05) is 35.9 Å². The molecule has 0 saturated carbocycles. The quantitative estimate of drug-likeness (QED) is 0.908. The Hall–Kier alpha value is -2.66. The maximum absolute atomic E-state index is 12.2. The van der Waals surface area contributed by atoms with Crippen LogP contribution < -0.4 is 10.7 Å². The molecule has 0 saturated heterocycles. The number of carbonyl (C=O) groups excluding carboxylic acids is 2. The minimum Gasteiger partial charge on any atom is -0.321 e. The SMILES string of the molecule is O=C1CCC(c2ccc(C(=O)Nc3ccccc3Cl)cc2)=NN1. The second-order valence-electron chi connectivity index (χ2n) is 5.10. The van der Waals surface area contributed by atoms with E-state index in [2.05, 4.69) is 15.8 Å². The second kappa shape index (κ2) is 6.62. The Morgan fingerprint density at radius 1 is 1.09 bits per heavy atom. The maximum Gasteiger partial charge on any atom is 0.255 e. The molecule has 0 aromatic heterocycles. The molecule has 0 aliphatic carbocycles. The fourth-order valence-electron chi connectivity index (χ4n) is 2.25. The van der Waals surface area contributed by atoms with Crippen molar-refractivity contribution in [2.24, 2.45) is 5.10 Å². The van der Waals surface area contributed by atoms with Gasteiger partial charge in [-0.3, -0.25) is 9.59 Å². The highest BCUT2D eigenvalue weighted by Gasteiger charge is 2.14. The van der Waals surface area contributed by atoms with E-state index < -0.39 is 0 Å². The Morgan fingerprint density at radius 2 is 1.83 bits per heavy atom. The molecule has 1 aliphatic heterocycles. The monoisotopic (exact) mass is 327 g/mol. The van der Waals surface area contributed by atoms with Gasteiger partial charge in [-0.25, -0.2) is 5.43 Å². The molecule has 6 heteroatoms. The van der Waals surface area contributed by atoms with Crippen molar-refractivity contribution in [2.45, 2.75) is 12.8 Å². The van der Waals surface area contributed by atoms with E-state index in [4.69, 9.17) is 11.6 Å². The summed E-state index contributed by atoms with van der Waals surface area (Å²) in [6.07, 6.45) is 1.02. The molecule has 1 aliphatic rings. The molecule has 1 heterocycles. The average molecular weight is 328 g/mol. The van der Waals surface area contributed by atoms with Gasteiger partial charge < -0.3 is 5.32 Å². The first-order valence-electron chi connectivity index (χ1n) is 7.15. The van der Waals surface area contributed by atoms with E-state index in [1.807, 2.05) is 12.1 Å². The molecular formula is C17H14ClN3O2. The molecule has 5 nitrogen and oxygen atoms in total. The molecule has 2 aromatic rings. The van der Waals surface area contributed by atoms with Gasteiger partial charge in [-0.15, -0.1) is 0 Å². The molecule has 0 atom stereocenters. The summed E-state index contributed by atoms with van der Waals surface area (Å²) in [6, 6.07) is 14.1. The fourth-order valence-corrected chi connectivity index (χ4v) is 2.44. The van der Waals surface area contributed by atoms with Crippen LogP contribution in [-0.2, 0) is 4.79 Å². The number of benzene rings is 2. The van der Waals surface area contributed by atoms with Gasteiger partial charge in [0.1, 0.15) is 0 Å². The predicted octanol–water partition coefficient (Wildman–Crippen LogP) is 3.21. The third-order valence-corrected chi connectivity index (χ3v) is 3.84. The van der Waals surface area contributed by atoms with Crippen molar-refractivity contribution >= 4 is 34.8 Å². The lowest BCUT2D eigenvalue weighted by Crippen LogP contribution is -2.25. The van der Waals surface area contributed by atoms with Crippen molar-refractivity contribution < 1.29 is 9.59 Å². The van der Waals surface area contributed by atoms with Crippen molar-refractivity contribution in [3.8, 4) is 0 Å². The number of nitrogens with one attached hydrogen (secondary N) is 2. The zero-order valence-electron chi connectivity index (χ0n) is 12.2. The predicted molar refractivity (Wildman–Crippen MR) is 89.8 cm³/mol. The first-order chi connectivity index (χ1) is 11.1. The summed E-state index contributed by atoms with van der Waals surface area (Å²) >= 11 is 6.03. The smallest absolute Gasteiger partial charge is 0.255 e. The van der Waals surface area contributed by atoms with Gasteiger partial charge in [0.05, 0.1) is 16.4 Å². The number of hydrazone groups is 1. The number of amides is 2. The first-order valence-corrected chi connectivity index (χ1v) is 7.53. The van der Waals surface area contributed by atoms with Crippen LogP contribution in [0.5, 0.6) is 0 Å². The Labute approximate surface area is 138 Å². The molecule has 0 spiro atoms. The van der Waals surface area contributed by atoms with E-state index in [1.165, 1.54) is 0 Å². The number of para-hydroxylation sites is 1. The number of hydrogen-bond donors (Lipinski definition) is 2. The zero-order chi connectivity index (χ0) is 16.2. The molecular weight excluding hydrogens is 314 g/mol. The molecule has 2 aromatic carbocycles. The van der Waals surface area contributed by atoms with E-state index in [0.29, 0.717) is 29.1 Å². The number of hydrogen-bond acceptors (Lipinski definition) is 3. The van der Waals surface area contributed by atoms with Crippen LogP contribution in [0.3, 0.4) is 0 Å². The van der Waals surface area contributed by atoms with Gasteiger partial charge >= 0.3 is 0 Å². The number of rotatable bonds is 3. The van der Waals surface area contributed by atoms with Crippen molar-refractivity contribution in [2.75, 3.05) is 5.32 Å². The van der Waals surface area contributed by atoms with Gasteiger partial charge in [0, 0.05) is 18.4 Å². The second-order valence-corrected chi connectivity index (χ2v) is 5.51. The minimum atomic E-state index is -0.233. The first kappa shape index (κ1) is 15.2. The van der Waals surface area contributed by atoms with Crippen LogP contribution in [0.2, 0.25) is 5.02 Å². The largest absolute Gasteiger partial charge is 0.321 e. The van der Waals surface area contributed by atoms with Crippen molar-refractivity contribution in [3.05, 3.63) is 64.7 Å². The summed E-state index contributed by atoms with van der Waals surface area (Å²) in [5.41, 5.74) is 5.25. The number of anilines is 1. The van der Waals surface area contributed by atoms with Crippen LogP contribution in [-0.4, -0.2) is 17.5 Å². The molecule has 116 valence electrons. The number of nitrogens with zero attached hydrogens (tertiary/aromatic N) is 1. The van der Waals surface area contributed by atoms with E-state index in [-0.39, 0.29) is 11.8 Å². The van der Waals surface area contributed by atoms with Crippen LogP contribution in [0.25, 0.3) is 0 Å². The van der Waals surface area contributed by atoms with Crippen molar-refractivity contribution in [3.63, 3.8) is 0 Å². The fraction of sp³-hybridized carbons (Fsp3) is 0.118. The van der Waals surface area contributed by atoms with Crippen LogP contribution in [0.1, 0.15) is 28.8 Å². The molecule has 0 radical (unpaired) electrons. The van der Waals surface area contributed by atoms with Crippen LogP contribution in [0.4, 0.5) is 5.69 Å².